The number of pyridine rings is 1. The smallest absolute Gasteiger partial charge is 0.255 e. The molecule has 0 spiro atoms. The molecular weight excluding hydrogens is 560 g/mol. The molecule has 214 valence electrons. The monoisotopic (exact) mass is 588 g/mol. The van der Waals surface area contributed by atoms with E-state index in [-0.39, 0.29) is 23.5 Å². The Bertz CT molecular complexity index is 2050. The van der Waals surface area contributed by atoms with E-state index in [1.807, 2.05) is 89.6 Å². The molecule has 1 aliphatic rings. The largest absolute Gasteiger partial charge is 0.345 e. The Kier molecular flexibility index (Phi) is 6.83. The summed E-state index contributed by atoms with van der Waals surface area (Å²) in [4.78, 5) is 25.2. The SMILES string of the molecule is O=C(Nc1ccc2nc[nH]c2c1)c1cccc(Cc2c(-c3ccccn3)nn(C3CCS(=O)(=O)C3)c2-c2ccccc2)c1. The zero-order chi connectivity index (χ0) is 29.4. The molecule has 1 fully saturated rings. The van der Waals surface area contributed by atoms with Crippen LogP contribution >= 0.6 is 0 Å². The quantitative estimate of drug-likeness (QED) is 0.247. The first kappa shape index (κ1) is 26.8. The van der Waals surface area contributed by atoms with Crippen molar-refractivity contribution >= 4 is 32.5 Å². The van der Waals surface area contributed by atoms with Gasteiger partial charge in [0.15, 0.2) is 9.84 Å². The average molecular weight is 589 g/mol. The number of amides is 1. The van der Waals surface area contributed by atoms with Crippen LogP contribution in [0.2, 0.25) is 0 Å². The highest BCUT2D eigenvalue weighted by atomic mass is 32.2. The van der Waals surface area contributed by atoms with Crippen molar-refractivity contribution in [2.24, 2.45) is 0 Å². The number of hydrogen-bond acceptors (Lipinski definition) is 6. The molecule has 0 radical (unpaired) electrons. The van der Waals surface area contributed by atoms with E-state index < -0.39 is 9.84 Å². The molecule has 1 atom stereocenters. The van der Waals surface area contributed by atoms with Crippen LogP contribution in [0.25, 0.3) is 33.7 Å². The minimum absolute atomic E-state index is 0.0512. The number of H-pyrrole nitrogens is 1. The topological polar surface area (TPSA) is 123 Å². The van der Waals surface area contributed by atoms with E-state index in [1.54, 1.807) is 18.6 Å². The normalized spacial score (nSPS) is 16.0. The van der Waals surface area contributed by atoms with Crippen LogP contribution in [0.3, 0.4) is 0 Å². The number of aromatic amines is 1. The molecule has 7 rings (SSSR count). The number of nitrogens with one attached hydrogen (secondary N) is 2. The minimum Gasteiger partial charge on any atom is -0.345 e. The van der Waals surface area contributed by atoms with Crippen molar-refractivity contribution < 1.29 is 13.2 Å². The predicted molar refractivity (Wildman–Crippen MR) is 166 cm³/mol. The highest BCUT2D eigenvalue weighted by molar-refractivity contribution is 7.91. The molecule has 1 aliphatic heterocycles. The summed E-state index contributed by atoms with van der Waals surface area (Å²) < 4.78 is 26.9. The molecule has 43 heavy (non-hydrogen) atoms. The lowest BCUT2D eigenvalue weighted by Crippen LogP contribution is -2.14. The second kappa shape index (κ2) is 11.0. The summed E-state index contributed by atoms with van der Waals surface area (Å²) in [5, 5.41) is 8.02. The predicted octanol–water partition coefficient (Wildman–Crippen LogP) is 5.69. The molecule has 1 unspecified atom stereocenters. The van der Waals surface area contributed by atoms with E-state index >= 15 is 0 Å². The number of aromatic nitrogens is 5. The molecule has 0 saturated carbocycles. The Morgan fingerprint density at radius 2 is 1.81 bits per heavy atom. The fourth-order valence-electron chi connectivity index (χ4n) is 5.72. The number of imidazole rings is 1. The van der Waals surface area contributed by atoms with Gasteiger partial charge in [-0.05, 0) is 54.4 Å². The van der Waals surface area contributed by atoms with Crippen LogP contribution < -0.4 is 5.32 Å². The van der Waals surface area contributed by atoms with Crippen LogP contribution in [0.4, 0.5) is 5.69 Å². The Morgan fingerprint density at radius 1 is 0.953 bits per heavy atom. The number of hydrogen-bond donors (Lipinski definition) is 2. The molecule has 0 bridgehead atoms. The molecule has 0 aliphatic carbocycles. The molecule has 10 heteroatoms. The summed E-state index contributed by atoms with van der Waals surface area (Å²) in [5.74, 6) is -0.0270. The molecule has 9 nitrogen and oxygen atoms in total. The molecule has 4 heterocycles. The van der Waals surface area contributed by atoms with Crippen molar-refractivity contribution in [3.63, 3.8) is 0 Å². The third-order valence-electron chi connectivity index (χ3n) is 7.77. The van der Waals surface area contributed by atoms with Gasteiger partial charge in [0.1, 0.15) is 5.69 Å². The van der Waals surface area contributed by atoms with Crippen molar-refractivity contribution in [3.05, 3.63) is 120 Å². The Balaban J connectivity index is 1.29. The minimum atomic E-state index is -3.15. The van der Waals surface area contributed by atoms with Crippen molar-refractivity contribution in [2.45, 2.75) is 18.9 Å². The van der Waals surface area contributed by atoms with Crippen LogP contribution in [0.15, 0.2) is 104 Å². The first-order valence-electron chi connectivity index (χ1n) is 14.1. The summed E-state index contributed by atoms with van der Waals surface area (Å²) in [7, 11) is -3.15. The average Bonchev–Trinajstić information content (AvgIpc) is 3.74. The van der Waals surface area contributed by atoms with Crippen LogP contribution in [0.5, 0.6) is 0 Å². The summed E-state index contributed by atoms with van der Waals surface area (Å²) in [6.45, 7) is 0. The van der Waals surface area contributed by atoms with Gasteiger partial charge in [0.2, 0.25) is 0 Å². The Hall–Kier alpha value is -5.09. The molecular formula is C33H28N6O3S. The highest BCUT2D eigenvalue weighted by Gasteiger charge is 2.33. The lowest BCUT2D eigenvalue weighted by Gasteiger charge is -2.15. The van der Waals surface area contributed by atoms with Gasteiger partial charge in [-0.1, -0.05) is 48.5 Å². The van der Waals surface area contributed by atoms with Gasteiger partial charge in [-0.25, -0.2) is 13.4 Å². The van der Waals surface area contributed by atoms with Gasteiger partial charge in [0.25, 0.3) is 5.91 Å². The van der Waals surface area contributed by atoms with Crippen LogP contribution in [0.1, 0.15) is 33.9 Å². The zero-order valence-corrected chi connectivity index (χ0v) is 24.0. The second-order valence-electron chi connectivity index (χ2n) is 10.7. The van der Waals surface area contributed by atoms with Gasteiger partial charge in [-0.2, -0.15) is 5.10 Å². The van der Waals surface area contributed by atoms with Crippen molar-refractivity contribution in [1.29, 1.82) is 0 Å². The fourth-order valence-corrected chi connectivity index (χ4v) is 7.41. The van der Waals surface area contributed by atoms with Gasteiger partial charge >= 0.3 is 0 Å². The van der Waals surface area contributed by atoms with Crippen LogP contribution in [-0.2, 0) is 16.3 Å². The summed E-state index contributed by atoms with van der Waals surface area (Å²) in [6, 6.07) is 28.4. The number of nitrogens with zero attached hydrogens (tertiary/aromatic N) is 4. The third kappa shape index (κ3) is 5.44. The number of carbonyl (C=O) groups is 1. The summed E-state index contributed by atoms with van der Waals surface area (Å²) in [5.41, 5.74) is 7.93. The fraction of sp³-hybridized carbons (Fsp3) is 0.152. The van der Waals surface area contributed by atoms with Gasteiger partial charge in [0, 0.05) is 35.0 Å². The van der Waals surface area contributed by atoms with Crippen LogP contribution in [-0.4, -0.2) is 50.6 Å². The van der Waals surface area contributed by atoms with Crippen molar-refractivity contribution in [3.8, 4) is 22.6 Å². The maximum atomic E-state index is 13.3. The lowest BCUT2D eigenvalue weighted by molar-refractivity contribution is 0.102. The van der Waals surface area contributed by atoms with Gasteiger partial charge in [-0.15, -0.1) is 0 Å². The molecule has 3 aromatic heterocycles. The number of anilines is 1. The van der Waals surface area contributed by atoms with Gasteiger partial charge in [0.05, 0.1) is 46.3 Å². The van der Waals surface area contributed by atoms with Gasteiger partial charge in [-0.3, -0.25) is 14.5 Å². The first-order valence-corrected chi connectivity index (χ1v) is 15.9. The molecule has 6 aromatic rings. The summed E-state index contributed by atoms with van der Waals surface area (Å²) in [6.07, 6.45) is 4.32. The highest BCUT2D eigenvalue weighted by Crippen LogP contribution is 2.38. The van der Waals surface area contributed by atoms with Crippen molar-refractivity contribution in [1.82, 2.24) is 24.7 Å². The van der Waals surface area contributed by atoms with E-state index in [2.05, 4.69) is 20.3 Å². The number of fused-ring (bicyclic) bond motifs is 1. The standard InChI is InChI=1S/C33H28N6O3S/c40-33(37-25-12-13-28-30(19-25)36-21-35-28)24-10-6-7-22(17-24)18-27-31(29-11-4-5-15-34-29)38-39(26-14-16-43(41,42)20-26)32(27)23-8-2-1-3-9-23/h1-13,15,17,19,21,26H,14,16,18,20H2,(H,35,36)(H,37,40). The van der Waals surface area contributed by atoms with E-state index in [4.69, 9.17) is 5.10 Å². The Labute approximate surface area is 248 Å². The zero-order valence-electron chi connectivity index (χ0n) is 23.1. The second-order valence-corrected chi connectivity index (χ2v) is 13.0. The third-order valence-corrected chi connectivity index (χ3v) is 9.52. The van der Waals surface area contributed by atoms with Gasteiger partial charge < -0.3 is 10.3 Å². The van der Waals surface area contributed by atoms with E-state index in [0.717, 1.165) is 33.4 Å². The molecule has 1 amide bonds. The number of benzene rings is 3. The molecule has 1 saturated heterocycles. The maximum absolute atomic E-state index is 13.3. The van der Waals surface area contributed by atoms with Crippen molar-refractivity contribution in [2.75, 3.05) is 16.8 Å². The number of rotatable bonds is 7. The lowest BCUT2D eigenvalue weighted by atomic mass is 9.96. The first-order chi connectivity index (χ1) is 20.9. The van der Waals surface area contributed by atoms with E-state index in [0.29, 0.717) is 35.5 Å². The van der Waals surface area contributed by atoms with E-state index in [9.17, 15) is 13.2 Å². The number of carbonyl (C=O) groups excluding carboxylic acids is 1. The molecule has 2 N–H and O–H groups in total. The van der Waals surface area contributed by atoms with Crippen LogP contribution in [0, 0.1) is 0 Å². The summed E-state index contributed by atoms with van der Waals surface area (Å²) >= 11 is 0. The number of sulfone groups is 1. The van der Waals surface area contributed by atoms with E-state index in [1.165, 1.54) is 0 Å². The maximum Gasteiger partial charge on any atom is 0.255 e. The molecule has 3 aromatic carbocycles. The Morgan fingerprint density at radius 3 is 2.60 bits per heavy atom.